The molecule has 4 aromatic rings. The van der Waals surface area contributed by atoms with Crippen molar-refractivity contribution in [3.8, 4) is 11.3 Å². The Hall–Kier alpha value is -3.05. The Labute approximate surface area is 198 Å². The van der Waals surface area contributed by atoms with Crippen LogP contribution in [0.4, 0.5) is 11.6 Å². The van der Waals surface area contributed by atoms with E-state index in [1.165, 1.54) is 0 Å². The highest BCUT2D eigenvalue weighted by molar-refractivity contribution is 14.1. The lowest BCUT2D eigenvalue weighted by atomic mass is 10.1. The normalized spacial score (nSPS) is 16.2. The van der Waals surface area contributed by atoms with E-state index in [9.17, 15) is 4.79 Å². The number of nitrogens with one attached hydrogen (secondary N) is 2. The number of fused-ring (bicyclic) bond motifs is 1. The molecule has 1 aliphatic heterocycles. The van der Waals surface area contributed by atoms with Crippen LogP contribution in [0.3, 0.4) is 0 Å². The number of nitrogens with two attached hydrogens (primary N) is 1. The van der Waals surface area contributed by atoms with Gasteiger partial charge in [0.2, 0.25) is 0 Å². The molecule has 4 heterocycles. The maximum absolute atomic E-state index is 12.6. The molecule has 1 aromatic carbocycles. The predicted octanol–water partition coefficient (Wildman–Crippen LogP) is 3.86. The molecule has 1 amide bonds. The van der Waals surface area contributed by atoms with Gasteiger partial charge in [0, 0.05) is 30.1 Å². The van der Waals surface area contributed by atoms with Crippen LogP contribution in [-0.2, 0) is 0 Å². The molecule has 0 spiro atoms. The second-order valence-electron chi connectivity index (χ2n) is 7.75. The van der Waals surface area contributed by atoms with Crippen molar-refractivity contribution >= 4 is 51.0 Å². The van der Waals surface area contributed by atoms with Gasteiger partial charge in [-0.1, -0.05) is 18.2 Å². The molecular formula is C23H22IN7O. The summed E-state index contributed by atoms with van der Waals surface area (Å²) in [5.41, 5.74) is 9.54. The van der Waals surface area contributed by atoms with Crippen LogP contribution in [0.1, 0.15) is 29.2 Å². The first-order valence-corrected chi connectivity index (χ1v) is 11.6. The smallest absolute Gasteiger partial charge is 0.256 e. The molecule has 0 aliphatic carbocycles. The van der Waals surface area contributed by atoms with Crippen LogP contribution in [0.25, 0.3) is 22.2 Å². The van der Waals surface area contributed by atoms with E-state index in [0.717, 1.165) is 51.7 Å². The molecule has 162 valence electrons. The number of halogens is 1. The first-order chi connectivity index (χ1) is 15.6. The standard InChI is InChI=1S/C23H22IN7O/c24-17-13-28-22(25)19-20(30-31(21(17)19)16-4-3-10-26-12-16)14-6-8-15(9-7-14)23(32)29-18-5-1-2-11-27-18/h1-2,5-9,11,13,16,26H,3-4,10,12H2,(H2,25,28)(H,27,29,32). The van der Waals surface area contributed by atoms with Gasteiger partial charge in [0.05, 0.1) is 20.5 Å². The van der Waals surface area contributed by atoms with E-state index in [1.807, 2.05) is 18.2 Å². The Balaban J connectivity index is 1.52. The number of piperidine rings is 1. The number of hydrogen-bond acceptors (Lipinski definition) is 6. The number of amides is 1. The summed E-state index contributed by atoms with van der Waals surface area (Å²) < 4.78 is 3.11. The zero-order valence-electron chi connectivity index (χ0n) is 17.3. The molecule has 3 aromatic heterocycles. The Kier molecular flexibility index (Phi) is 5.75. The number of pyridine rings is 2. The molecule has 0 radical (unpaired) electrons. The predicted molar refractivity (Wildman–Crippen MR) is 133 cm³/mol. The highest BCUT2D eigenvalue weighted by atomic mass is 127. The quantitative estimate of drug-likeness (QED) is 0.340. The number of aromatic nitrogens is 4. The molecule has 32 heavy (non-hydrogen) atoms. The summed E-state index contributed by atoms with van der Waals surface area (Å²) in [5, 5.41) is 12.1. The molecule has 0 bridgehead atoms. The molecule has 1 fully saturated rings. The van der Waals surface area contributed by atoms with Gasteiger partial charge in [0.25, 0.3) is 5.91 Å². The van der Waals surface area contributed by atoms with E-state index < -0.39 is 0 Å². The van der Waals surface area contributed by atoms with Crippen molar-refractivity contribution in [3.63, 3.8) is 0 Å². The van der Waals surface area contributed by atoms with Crippen LogP contribution < -0.4 is 16.4 Å². The fourth-order valence-corrected chi connectivity index (χ4v) is 4.73. The number of hydrogen-bond donors (Lipinski definition) is 3. The molecule has 9 heteroatoms. The largest absolute Gasteiger partial charge is 0.383 e. The first-order valence-electron chi connectivity index (χ1n) is 10.5. The van der Waals surface area contributed by atoms with Gasteiger partial charge in [0.15, 0.2) is 0 Å². The van der Waals surface area contributed by atoms with Crippen molar-refractivity contribution in [2.24, 2.45) is 0 Å². The minimum atomic E-state index is -0.213. The summed E-state index contributed by atoms with van der Waals surface area (Å²) in [6.07, 6.45) is 5.61. The second kappa shape index (κ2) is 8.83. The van der Waals surface area contributed by atoms with Crippen molar-refractivity contribution in [2.45, 2.75) is 18.9 Å². The summed E-state index contributed by atoms with van der Waals surface area (Å²) in [6.45, 7) is 1.91. The summed E-state index contributed by atoms with van der Waals surface area (Å²) in [6, 6.07) is 13.0. The molecule has 5 rings (SSSR count). The summed E-state index contributed by atoms with van der Waals surface area (Å²) in [5.74, 6) is 0.762. The molecule has 8 nitrogen and oxygen atoms in total. The minimum Gasteiger partial charge on any atom is -0.383 e. The number of nitrogens with zero attached hydrogens (tertiary/aromatic N) is 4. The minimum absolute atomic E-state index is 0.213. The highest BCUT2D eigenvalue weighted by Gasteiger charge is 2.24. The lowest BCUT2D eigenvalue weighted by molar-refractivity contribution is 0.102. The zero-order valence-corrected chi connectivity index (χ0v) is 19.4. The summed E-state index contributed by atoms with van der Waals surface area (Å²) in [7, 11) is 0. The van der Waals surface area contributed by atoms with Gasteiger partial charge >= 0.3 is 0 Å². The Morgan fingerprint density at radius 1 is 1.19 bits per heavy atom. The van der Waals surface area contributed by atoms with E-state index in [1.54, 1.807) is 36.7 Å². The number of carbonyl (C=O) groups excluding carboxylic acids is 1. The first kappa shape index (κ1) is 20.8. The molecule has 1 atom stereocenters. The number of nitrogen functional groups attached to an aromatic ring is 1. The van der Waals surface area contributed by atoms with Gasteiger partial charge in [-0.15, -0.1) is 0 Å². The molecule has 0 saturated carbocycles. The fourth-order valence-electron chi connectivity index (χ4n) is 4.07. The highest BCUT2D eigenvalue weighted by Crippen LogP contribution is 2.36. The Bertz CT molecular complexity index is 1270. The van der Waals surface area contributed by atoms with Gasteiger partial charge in [-0.05, 0) is 66.2 Å². The van der Waals surface area contributed by atoms with Gasteiger partial charge in [-0.3, -0.25) is 9.48 Å². The number of rotatable bonds is 4. The van der Waals surface area contributed by atoms with Gasteiger partial charge in [0.1, 0.15) is 17.3 Å². The average Bonchev–Trinajstić information content (AvgIpc) is 3.25. The van der Waals surface area contributed by atoms with Crippen molar-refractivity contribution in [1.29, 1.82) is 0 Å². The summed E-state index contributed by atoms with van der Waals surface area (Å²) >= 11 is 2.30. The number of carbonyl (C=O) groups is 1. The lowest BCUT2D eigenvalue weighted by Crippen LogP contribution is -2.32. The summed E-state index contributed by atoms with van der Waals surface area (Å²) in [4.78, 5) is 21.1. The average molecular weight is 539 g/mol. The molecule has 4 N–H and O–H groups in total. The molecule has 1 unspecified atom stereocenters. The maximum atomic E-state index is 12.6. The third-order valence-electron chi connectivity index (χ3n) is 5.65. The van der Waals surface area contributed by atoms with E-state index in [2.05, 4.69) is 47.9 Å². The maximum Gasteiger partial charge on any atom is 0.256 e. The van der Waals surface area contributed by atoms with Crippen molar-refractivity contribution in [2.75, 3.05) is 24.1 Å². The molecule has 1 saturated heterocycles. The number of benzene rings is 1. The van der Waals surface area contributed by atoms with Crippen LogP contribution in [-0.4, -0.2) is 38.7 Å². The van der Waals surface area contributed by atoms with Crippen LogP contribution in [0.5, 0.6) is 0 Å². The fraction of sp³-hybridized carbons (Fsp3) is 0.217. The topological polar surface area (TPSA) is 111 Å². The lowest BCUT2D eigenvalue weighted by Gasteiger charge is -2.24. The van der Waals surface area contributed by atoms with Crippen molar-refractivity contribution in [1.82, 2.24) is 25.1 Å². The third kappa shape index (κ3) is 3.93. The SMILES string of the molecule is Nc1ncc(I)c2c1c(-c1ccc(C(=O)Nc3ccccn3)cc1)nn2C1CCCNC1. The van der Waals surface area contributed by atoms with Crippen molar-refractivity contribution < 1.29 is 4.79 Å². The zero-order chi connectivity index (χ0) is 22.1. The van der Waals surface area contributed by atoms with Crippen LogP contribution in [0.2, 0.25) is 0 Å². The Morgan fingerprint density at radius 2 is 2.03 bits per heavy atom. The van der Waals surface area contributed by atoms with Gasteiger partial charge in [-0.2, -0.15) is 5.10 Å². The van der Waals surface area contributed by atoms with Crippen LogP contribution in [0, 0.1) is 3.57 Å². The van der Waals surface area contributed by atoms with E-state index >= 15 is 0 Å². The van der Waals surface area contributed by atoms with E-state index in [4.69, 9.17) is 10.8 Å². The van der Waals surface area contributed by atoms with E-state index in [0.29, 0.717) is 17.2 Å². The van der Waals surface area contributed by atoms with E-state index in [-0.39, 0.29) is 11.9 Å². The monoisotopic (exact) mass is 539 g/mol. The third-order valence-corrected chi connectivity index (χ3v) is 6.44. The van der Waals surface area contributed by atoms with Gasteiger partial charge < -0.3 is 16.4 Å². The van der Waals surface area contributed by atoms with Crippen LogP contribution in [0.15, 0.2) is 54.9 Å². The van der Waals surface area contributed by atoms with Crippen molar-refractivity contribution in [3.05, 3.63) is 64.0 Å². The molecule has 1 aliphatic rings. The molecular weight excluding hydrogens is 517 g/mol. The number of anilines is 2. The van der Waals surface area contributed by atoms with Gasteiger partial charge in [-0.25, -0.2) is 9.97 Å². The van der Waals surface area contributed by atoms with Crippen LogP contribution >= 0.6 is 22.6 Å². The Morgan fingerprint density at radius 3 is 2.75 bits per heavy atom. The second-order valence-corrected chi connectivity index (χ2v) is 8.92.